The lowest BCUT2D eigenvalue weighted by atomic mass is 10.1. The van der Waals surface area contributed by atoms with Crippen LogP contribution in [0.1, 0.15) is 29.0 Å². The zero-order chi connectivity index (χ0) is 14.8. The van der Waals surface area contributed by atoms with Gasteiger partial charge in [0.05, 0.1) is 0 Å². The second kappa shape index (κ2) is 6.89. The van der Waals surface area contributed by atoms with Crippen molar-refractivity contribution in [1.29, 1.82) is 0 Å². The fourth-order valence-electron chi connectivity index (χ4n) is 2.25. The van der Waals surface area contributed by atoms with Crippen LogP contribution in [-0.2, 0) is 0 Å². The summed E-state index contributed by atoms with van der Waals surface area (Å²) in [5.74, 6) is 1.89. The number of nitrogens with two attached hydrogens (primary N) is 1. The summed E-state index contributed by atoms with van der Waals surface area (Å²) in [6.07, 6.45) is 2.36. The predicted molar refractivity (Wildman–Crippen MR) is 86.8 cm³/mol. The van der Waals surface area contributed by atoms with Gasteiger partial charge >= 0.3 is 0 Å². The number of nitrogens with zero attached hydrogens (tertiary/aromatic N) is 2. The highest BCUT2D eigenvalue weighted by atomic mass is 35.5. The molecule has 7 heteroatoms. The van der Waals surface area contributed by atoms with Gasteiger partial charge in [-0.3, -0.25) is 9.89 Å². The number of H-pyrrole nitrogens is 1. The number of carbonyl (C=O) groups excluding carboxylic acids is 1. The van der Waals surface area contributed by atoms with E-state index in [1.54, 1.807) is 12.1 Å². The topological polar surface area (TPSA) is 96.7 Å². The molecule has 1 aromatic carbocycles. The molecule has 1 aliphatic rings. The van der Waals surface area contributed by atoms with E-state index in [0.717, 1.165) is 11.4 Å². The van der Waals surface area contributed by atoms with Gasteiger partial charge in [0.15, 0.2) is 5.82 Å². The van der Waals surface area contributed by atoms with E-state index in [9.17, 15) is 4.79 Å². The lowest BCUT2D eigenvalue weighted by molar-refractivity contribution is 0.0950. The van der Waals surface area contributed by atoms with Crippen LogP contribution >= 0.6 is 12.4 Å². The Morgan fingerprint density at radius 3 is 2.64 bits per heavy atom. The predicted octanol–water partition coefficient (Wildman–Crippen LogP) is 1.67. The Bertz CT molecular complexity index is 636. The Morgan fingerprint density at radius 1 is 1.41 bits per heavy atom. The monoisotopic (exact) mass is 321 g/mol. The van der Waals surface area contributed by atoms with E-state index < -0.39 is 0 Å². The first-order valence-corrected chi connectivity index (χ1v) is 7.16. The lowest BCUT2D eigenvalue weighted by Crippen LogP contribution is -2.38. The van der Waals surface area contributed by atoms with Gasteiger partial charge in [0.2, 0.25) is 0 Å². The average molecular weight is 322 g/mol. The van der Waals surface area contributed by atoms with Crippen LogP contribution < -0.4 is 11.1 Å². The standard InChI is InChI=1S/C15H19N5O.ClH/c1-9-18-14(20-19-9)11-4-6-12(7-5-11)15(21)17-8-13(16)10-2-3-10;/h4-7,10,13H,2-3,8,16H2,1H3,(H,17,21)(H,18,19,20);1H. The molecule has 1 fully saturated rings. The molecule has 1 saturated carbocycles. The molecule has 2 aromatic rings. The fraction of sp³-hybridized carbons (Fsp3) is 0.400. The first kappa shape index (κ1) is 16.5. The van der Waals surface area contributed by atoms with Crippen molar-refractivity contribution in [1.82, 2.24) is 20.5 Å². The van der Waals surface area contributed by atoms with Gasteiger partial charge in [-0.25, -0.2) is 4.98 Å². The molecule has 1 amide bonds. The van der Waals surface area contributed by atoms with Gasteiger partial charge in [0.25, 0.3) is 5.91 Å². The Labute approximate surface area is 135 Å². The van der Waals surface area contributed by atoms with Crippen LogP contribution in [0.25, 0.3) is 11.4 Å². The Morgan fingerprint density at radius 2 is 2.09 bits per heavy atom. The zero-order valence-electron chi connectivity index (χ0n) is 12.4. The Kier molecular flexibility index (Phi) is 5.15. The van der Waals surface area contributed by atoms with Gasteiger partial charge in [-0.05, 0) is 37.8 Å². The summed E-state index contributed by atoms with van der Waals surface area (Å²) < 4.78 is 0. The number of hydrogen-bond acceptors (Lipinski definition) is 4. The minimum Gasteiger partial charge on any atom is -0.350 e. The molecule has 0 radical (unpaired) electrons. The number of halogens is 1. The summed E-state index contributed by atoms with van der Waals surface area (Å²) in [6.45, 7) is 2.38. The summed E-state index contributed by atoms with van der Waals surface area (Å²) in [5, 5.41) is 9.77. The van der Waals surface area contributed by atoms with Gasteiger partial charge in [-0.2, -0.15) is 5.10 Å². The molecule has 4 N–H and O–H groups in total. The number of amides is 1. The number of aromatic nitrogens is 3. The summed E-state index contributed by atoms with van der Waals surface area (Å²) in [7, 11) is 0. The highest BCUT2D eigenvalue weighted by Crippen LogP contribution is 2.31. The van der Waals surface area contributed by atoms with E-state index in [1.165, 1.54) is 12.8 Å². The van der Waals surface area contributed by atoms with Crippen LogP contribution in [0.2, 0.25) is 0 Å². The number of aromatic amines is 1. The number of hydrogen-bond donors (Lipinski definition) is 3. The quantitative estimate of drug-likeness (QED) is 0.780. The second-order valence-electron chi connectivity index (χ2n) is 5.53. The first-order chi connectivity index (χ1) is 10.1. The molecule has 3 rings (SSSR count). The van der Waals surface area contributed by atoms with Crippen LogP contribution in [0.5, 0.6) is 0 Å². The van der Waals surface area contributed by atoms with Gasteiger partial charge in [0, 0.05) is 23.7 Å². The maximum Gasteiger partial charge on any atom is 0.251 e. The molecule has 1 unspecified atom stereocenters. The number of rotatable bonds is 5. The van der Waals surface area contributed by atoms with Crippen molar-refractivity contribution in [3.63, 3.8) is 0 Å². The summed E-state index contributed by atoms with van der Waals surface area (Å²) >= 11 is 0. The minimum atomic E-state index is -0.0937. The van der Waals surface area contributed by atoms with Gasteiger partial charge in [0.1, 0.15) is 5.82 Å². The van der Waals surface area contributed by atoms with E-state index in [2.05, 4.69) is 20.5 Å². The molecule has 0 spiro atoms. The molecule has 0 aliphatic heterocycles. The van der Waals surface area contributed by atoms with Crippen LogP contribution in [0.15, 0.2) is 24.3 Å². The maximum absolute atomic E-state index is 12.0. The van der Waals surface area contributed by atoms with Crippen LogP contribution in [0.4, 0.5) is 0 Å². The molecule has 0 bridgehead atoms. The van der Waals surface area contributed by atoms with Crippen molar-refractivity contribution in [3.05, 3.63) is 35.7 Å². The average Bonchev–Trinajstić information content (AvgIpc) is 3.26. The van der Waals surface area contributed by atoms with Crippen molar-refractivity contribution >= 4 is 18.3 Å². The molecule has 1 atom stereocenters. The summed E-state index contributed by atoms with van der Waals surface area (Å²) in [6, 6.07) is 7.32. The van der Waals surface area contributed by atoms with Crippen molar-refractivity contribution in [2.24, 2.45) is 11.7 Å². The van der Waals surface area contributed by atoms with Crippen LogP contribution in [0.3, 0.4) is 0 Å². The smallest absolute Gasteiger partial charge is 0.251 e. The third-order valence-corrected chi connectivity index (χ3v) is 3.73. The lowest BCUT2D eigenvalue weighted by Gasteiger charge is -2.11. The normalized spacial score (nSPS) is 15.0. The minimum absolute atomic E-state index is 0. The van der Waals surface area contributed by atoms with Gasteiger partial charge in [-0.15, -0.1) is 12.4 Å². The van der Waals surface area contributed by atoms with Gasteiger partial charge in [-0.1, -0.05) is 12.1 Å². The van der Waals surface area contributed by atoms with Crippen molar-refractivity contribution < 1.29 is 4.79 Å². The molecule has 118 valence electrons. The van der Waals surface area contributed by atoms with E-state index in [-0.39, 0.29) is 24.4 Å². The highest BCUT2D eigenvalue weighted by molar-refractivity contribution is 5.94. The second-order valence-corrected chi connectivity index (χ2v) is 5.53. The third-order valence-electron chi connectivity index (χ3n) is 3.73. The molecule has 1 heterocycles. The molecular formula is C15H20ClN5O. The van der Waals surface area contributed by atoms with Crippen molar-refractivity contribution in [3.8, 4) is 11.4 Å². The molecule has 0 saturated heterocycles. The Hall–Kier alpha value is -1.92. The molecule has 22 heavy (non-hydrogen) atoms. The van der Waals surface area contributed by atoms with Crippen LogP contribution in [-0.4, -0.2) is 33.7 Å². The Balaban J connectivity index is 0.00000176. The number of aryl methyl sites for hydroxylation is 1. The molecular weight excluding hydrogens is 302 g/mol. The van der Waals surface area contributed by atoms with Crippen molar-refractivity contribution in [2.75, 3.05) is 6.54 Å². The molecule has 1 aliphatic carbocycles. The number of carbonyl (C=O) groups is 1. The molecule has 6 nitrogen and oxygen atoms in total. The third kappa shape index (κ3) is 3.84. The SMILES string of the molecule is Cc1nc(-c2ccc(C(=O)NCC(N)C3CC3)cc2)n[nH]1.Cl. The molecule has 1 aromatic heterocycles. The largest absolute Gasteiger partial charge is 0.350 e. The van der Waals surface area contributed by atoms with E-state index in [1.807, 2.05) is 19.1 Å². The highest BCUT2D eigenvalue weighted by Gasteiger charge is 2.28. The number of benzene rings is 1. The first-order valence-electron chi connectivity index (χ1n) is 7.16. The van der Waals surface area contributed by atoms with E-state index >= 15 is 0 Å². The van der Waals surface area contributed by atoms with Crippen LogP contribution in [0, 0.1) is 12.8 Å². The fourth-order valence-corrected chi connectivity index (χ4v) is 2.25. The number of nitrogens with one attached hydrogen (secondary N) is 2. The summed E-state index contributed by atoms with van der Waals surface area (Å²) in [4.78, 5) is 16.3. The summed E-state index contributed by atoms with van der Waals surface area (Å²) in [5.41, 5.74) is 7.47. The van der Waals surface area contributed by atoms with Gasteiger partial charge < -0.3 is 11.1 Å². The zero-order valence-corrected chi connectivity index (χ0v) is 13.2. The van der Waals surface area contributed by atoms with E-state index in [4.69, 9.17) is 5.73 Å². The van der Waals surface area contributed by atoms with E-state index in [0.29, 0.717) is 23.9 Å². The maximum atomic E-state index is 12.0. The van der Waals surface area contributed by atoms with Crippen molar-refractivity contribution in [2.45, 2.75) is 25.8 Å².